The lowest BCUT2D eigenvalue weighted by molar-refractivity contribution is -0.0399. The summed E-state index contributed by atoms with van der Waals surface area (Å²) < 4.78 is 11.1. The monoisotopic (exact) mass is 222 g/mol. The number of aromatic nitrogens is 1. The molecule has 1 N–H and O–H groups in total. The highest BCUT2D eigenvalue weighted by Crippen LogP contribution is 2.13. The highest BCUT2D eigenvalue weighted by Gasteiger charge is 2.14. The predicted molar refractivity (Wildman–Crippen MR) is 62.4 cm³/mol. The fourth-order valence-electron chi connectivity index (χ4n) is 1.75. The summed E-state index contributed by atoms with van der Waals surface area (Å²) >= 11 is 0. The van der Waals surface area contributed by atoms with Gasteiger partial charge in [0.05, 0.1) is 18.4 Å². The highest BCUT2D eigenvalue weighted by atomic mass is 16.5. The topological polar surface area (TPSA) is 43.4 Å². The van der Waals surface area contributed by atoms with Crippen LogP contribution in [0.2, 0.25) is 0 Å². The molecule has 16 heavy (non-hydrogen) atoms. The van der Waals surface area contributed by atoms with E-state index in [1.54, 1.807) is 0 Å². The smallest absolute Gasteiger partial charge is 0.126 e. The average molecular weight is 222 g/mol. The Morgan fingerprint density at radius 2 is 2.25 bits per heavy atom. The molecule has 0 aliphatic carbocycles. The van der Waals surface area contributed by atoms with Gasteiger partial charge in [-0.1, -0.05) is 6.07 Å². The van der Waals surface area contributed by atoms with Crippen LogP contribution in [0.3, 0.4) is 0 Å². The molecule has 0 radical (unpaired) electrons. The van der Waals surface area contributed by atoms with Gasteiger partial charge in [-0.3, -0.25) is 0 Å². The Balaban J connectivity index is 1.83. The fraction of sp³-hybridized carbons (Fsp3) is 0.583. The summed E-state index contributed by atoms with van der Waals surface area (Å²) in [6.45, 7) is 2.21. The molecule has 0 saturated carbocycles. The van der Waals surface area contributed by atoms with Crippen LogP contribution in [0.5, 0.6) is 0 Å². The van der Waals surface area contributed by atoms with Crippen LogP contribution in [0.15, 0.2) is 18.2 Å². The van der Waals surface area contributed by atoms with Gasteiger partial charge in [-0.2, -0.15) is 0 Å². The molecule has 0 unspecified atom stereocenters. The Bertz CT molecular complexity index is 325. The van der Waals surface area contributed by atoms with Gasteiger partial charge in [0.2, 0.25) is 0 Å². The van der Waals surface area contributed by atoms with Gasteiger partial charge in [-0.05, 0) is 25.0 Å². The molecule has 0 aromatic carbocycles. The Labute approximate surface area is 96.0 Å². The van der Waals surface area contributed by atoms with Crippen molar-refractivity contribution in [1.29, 1.82) is 0 Å². The van der Waals surface area contributed by atoms with Crippen molar-refractivity contribution in [3.63, 3.8) is 0 Å². The van der Waals surface area contributed by atoms with Crippen LogP contribution < -0.4 is 5.32 Å². The minimum absolute atomic E-state index is 0.328. The molecule has 2 rings (SSSR count). The third kappa shape index (κ3) is 3.18. The number of nitrogens with one attached hydrogen (secondary N) is 1. The average Bonchev–Trinajstić information content (AvgIpc) is 2.38. The zero-order valence-electron chi connectivity index (χ0n) is 9.61. The zero-order valence-corrected chi connectivity index (χ0v) is 9.61. The Hall–Kier alpha value is -1.13. The molecule has 1 saturated heterocycles. The fourth-order valence-corrected chi connectivity index (χ4v) is 1.75. The third-order valence-corrected chi connectivity index (χ3v) is 2.70. The maximum atomic E-state index is 5.80. The maximum Gasteiger partial charge on any atom is 0.126 e. The lowest BCUT2D eigenvalue weighted by Crippen LogP contribution is -2.23. The highest BCUT2D eigenvalue weighted by molar-refractivity contribution is 5.33. The molecule has 0 spiro atoms. The second-order valence-corrected chi connectivity index (χ2v) is 3.89. The van der Waals surface area contributed by atoms with E-state index in [4.69, 9.17) is 9.47 Å². The summed E-state index contributed by atoms with van der Waals surface area (Å²) in [5.74, 6) is 0.882. The SMILES string of the molecule is CNc1cccc(COC2CCOCC2)n1. The van der Waals surface area contributed by atoms with Crippen LogP contribution in [-0.2, 0) is 16.1 Å². The van der Waals surface area contributed by atoms with Crippen LogP contribution in [0, 0.1) is 0 Å². The molecule has 0 atom stereocenters. The van der Waals surface area contributed by atoms with E-state index in [2.05, 4.69) is 10.3 Å². The second-order valence-electron chi connectivity index (χ2n) is 3.89. The normalized spacial score (nSPS) is 17.3. The van der Waals surface area contributed by atoms with E-state index >= 15 is 0 Å². The number of rotatable bonds is 4. The van der Waals surface area contributed by atoms with Gasteiger partial charge in [-0.15, -0.1) is 0 Å². The lowest BCUT2D eigenvalue weighted by atomic mass is 10.1. The van der Waals surface area contributed by atoms with Crippen LogP contribution in [0.1, 0.15) is 18.5 Å². The van der Waals surface area contributed by atoms with Crippen LogP contribution in [0.4, 0.5) is 5.82 Å². The van der Waals surface area contributed by atoms with Crippen molar-refractivity contribution >= 4 is 5.82 Å². The minimum atomic E-state index is 0.328. The summed E-state index contributed by atoms with van der Waals surface area (Å²) in [5.41, 5.74) is 0.971. The first-order valence-corrected chi connectivity index (χ1v) is 5.71. The molecule has 4 heteroatoms. The number of ether oxygens (including phenoxy) is 2. The van der Waals surface area contributed by atoms with E-state index in [1.807, 2.05) is 25.2 Å². The largest absolute Gasteiger partial charge is 0.381 e. The van der Waals surface area contributed by atoms with E-state index < -0.39 is 0 Å². The standard InChI is InChI=1S/C12H18N2O2/c1-13-12-4-2-3-10(14-12)9-16-11-5-7-15-8-6-11/h2-4,11H,5-9H2,1H3,(H,13,14). The van der Waals surface area contributed by atoms with Crippen molar-refractivity contribution in [3.8, 4) is 0 Å². The number of anilines is 1. The molecular formula is C12H18N2O2. The zero-order chi connectivity index (χ0) is 11.2. The molecule has 4 nitrogen and oxygen atoms in total. The van der Waals surface area contributed by atoms with Gasteiger partial charge < -0.3 is 14.8 Å². The second kappa shape index (κ2) is 5.82. The van der Waals surface area contributed by atoms with Crippen molar-refractivity contribution in [2.24, 2.45) is 0 Å². The molecule has 88 valence electrons. The van der Waals surface area contributed by atoms with Crippen LogP contribution in [-0.4, -0.2) is 31.3 Å². The summed E-state index contributed by atoms with van der Waals surface area (Å²) in [6.07, 6.45) is 2.31. The first-order valence-electron chi connectivity index (χ1n) is 5.71. The van der Waals surface area contributed by atoms with Gasteiger partial charge >= 0.3 is 0 Å². The van der Waals surface area contributed by atoms with Crippen molar-refractivity contribution < 1.29 is 9.47 Å². The van der Waals surface area contributed by atoms with Gasteiger partial charge in [0.15, 0.2) is 0 Å². The molecular weight excluding hydrogens is 204 g/mol. The van der Waals surface area contributed by atoms with Crippen molar-refractivity contribution in [2.75, 3.05) is 25.6 Å². The Morgan fingerprint density at radius 3 is 3.00 bits per heavy atom. The van der Waals surface area contributed by atoms with Crippen molar-refractivity contribution in [3.05, 3.63) is 23.9 Å². The molecule has 1 aliphatic rings. The van der Waals surface area contributed by atoms with Gasteiger partial charge in [0.25, 0.3) is 0 Å². The van der Waals surface area contributed by atoms with Crippen LogP contribution in [0.25, 0.3) is 0 Å². The molecule has 0 amide bonds. The summed E-state index contributed by atoms with van der Waals surface area (Å²) in [6, 6.07) is 5.92. The molecule has 1 aromatic rings. The van der Waals surface area contributed by atoms with Gasteiger partial charge in [0.1, 0.15) is 5.82 Å². The molecule has 0 bridgehead atoms. The first-order chi connectivity index (χ1) is 7.88. The number of hydrogen-bond donors (Lipinski definition) is 1. The minimum Gasteiger partial charge on any atom is -0.381 e. The Kier molecular flexibility index (Phi) is 4.13. The first kappa shape index (κ1) is 11.4. The van der Waals surface area contributed by atoms with Gasteiger partial charge in [0, 0.05) is 20.3 Å². The molecule has 2 heterocycles. The number of nitrogens with zero attached hydrogens (tertiary/aromatic N) is 1. The summed E-state index contributed by atoms with van der Waals surface area (Å²) in [5, 5.41) is 3.02. The molecule has 1 aromatic heterocycles. The predicted octanol–water partition coefficient (Wildman–Crippen LogP) is 1.82. The Morgan fingerprint density at radius 1 is 1.44 bits per heavy atom. The van der Waals surface area contributed by atoms with E-state index in [-0.39, 0.29) is 0 Å². The van der Waals surface area contributed by atoms with Gasteiger partial charge in [-0.25, -0.2) is 4.98 Å². The van der Waals surface area contributed by atoms with E-state index in [1.165, 1.54) is 0 Å². The van der Waals surface area contributed by atoms with Crippen LogP contribution >= 0.6 is 0 Å². The van der Waals surface area contributed by atoms with E-state index in [0.717, 1.165) is 37.6 Å². The summed E-state index contributed by atoms with van der Waals surface area (Å²) in [4.78, 5) is 4.41. The van der Waals surface area contributed by atoms with E-state index in [9.17, 15) is 0 Å². The van der Waals surface area contributed by atoms with Crippen molar-refractivity contribution in [1.82, 2.24) is 4.98 Å². The molecule has 1 aliphatic heterocycles. The quantitative estimate of drug-likeness (QED) is 0.844. The maximum absolute atomic E-state index is 5.80. The van der Waals surface area contributed by atoms with Crippen molar-refractivity contribution in [2.45, 2.75) is 25.6 Å². The third-order valence-electron chi connectivity index (χ3n) is 2.70. The summed E-state index contributed by atoms with van der Waals surface area (Å²) in [7, 11) is 1.87. The number of pyridine rings is 1. The lowest BCUT2D eigenvalue weighted by Gasteiger charge is -2.22. The molecule has 1 fully saturated rings. The van der Waals surface area contributed by atoms with E-state index in [0.29, 0.717) is 12.7 Å². The number of hydrogen-bond acceptors (Lipinski definition) is 4.